The van der Waals surface area contributed by atoms with Crippen molar-refractivity contribution in [2.45, 2.75) is 26.3 Å². The third-order valence-corrected chi connectivity index (χ3v) is 2.48. The standard InChI is InChI=1S/C13H14ClN3O2/c1-8(2)16-13(19)10-7-9(3-4-11(10)14)17-12(18)5-6-15/h3-4,7-8H,5H2,1-2H3,(H,16,19)(H,17,18). The van der Waals surface area contributed by atoms with Gasteiger partial charge in [-0.15, -0.1) is 0 Å². The van der Waals surface area contributed by atoms with E-state index in [0.717, 1.165) is 0 Å². The summed E-state index contributed by atoms with van der Waals surface area (Å²) in [6.07, 6.45) is -0.240. The molecule has 1 aromatic carbocycles. The molecule has 0 spiro atoms. The van der Waals surface area contributed by atoms with Gasteiger partial charge in [0.05, 0.1) is 16.7 Å². The van der Waals surface area contributed by atoms with Crippen molar-refractivity contribution in [1.29, 1.82) is 5.26 Å². The zero-order valence-electron chi connectivity index (χ0n) is 10.7. The molecule has 0 aliphatic rings. The monoisotopic (exact) mass is 279 g/mol. The van der Waals surface area contributed by atoms with E-state index in [4.69, 9.17) is 16.9 Å². The highest BCUT2D eigenvalue weighted by molar-refractivity contribution is 6.34. The third kappa shape index (κ3) is 4.60. The van der Waals surface area contributed by atoms with Crippen LogP contribution in [0.15, 0.2) is 18.2 Å². The van der Waals surface area contributed by atoms with Crippen LogP contribution >= 0.6 is 11.6 Å². The average molecular weight is 280 g/mol. The first-order chi connectivity index (χ1) is 8.93. The van der Waals surface area contributed by atoms with Crippen molar-refractivity contribution >= 4 is 29.1 Å². The first kappa shape index (κ1) is 15.0. The van der Waals surface area contributed by atoms with E-state index in [9.17, 15) is 9.59 Å². The van der Waals surface area contributed by atoms with Gasteiger partial charge in [-0.25, -0.2) is 0 Å². The van der Waals surface area contributed by atoms with Crippen LogP contribution in [0.25, 0.3) is 0 Å². The van der Waals surface area contributed by atoms with Crippen LogP contribution in [0.4, 0.5) is 5.69 Å². The number of nitrogens with zero attached hydrogens (tertiary/aromatic N) is 1. The van der Waals surface area contributed by atoms with Gasteiger partial charge in [0, 0.05) is 11.7 Å². The number of nitriles is 1. The highest BCUT2D eigenvalue weighted by atomic mass is 35.5. The van der Waals surface area contributed by atoms with Crippen molar-refractivity contribution in [3.8, 4) is 6.07 Å². The topological polar surface area (TPSA) is 82.0 Å². The molecule has 1 aromatic rings. The van der Waals surface area contributed by atoms with Gasteiger partial charge in [-0.3, -0.25) is 9.59 Å². The molecule has 0 unspecified atom stereocenters. The number of carbonyl (C=O) groups excluding carboxylic acids is 2. The third-order valence-electron chi connectivity index (χ3n) is 2.15. The molecule has 0 saturated heterocycles. The summed E-state index contributed by atoms with van der Waals surface area (Å²) in [6, 6.07) is 6.31. The van der Waals surface area contributed by atoms with Gasteiger partial charge in [0.2, 0.25) is 5.91 Å². The zero-order valence-corrected chi connectivity index (χ0v) is 11.4. The lowest BCUT2D eigenvalue weighted by Crippen LogP contribution is -2.30. The normalized spacial score (nSPS) is 9.84. The number of rotatable bonds is 4. The maximum Gasteiger partial charge on any atom is 0.253 e. The first-order valence-electron chi connectivity index (χ1n) is 5.71. The second-order valence-electron chi connectivity index (χ2n) is 4.21. The summed E-state index contributed by atoms with van der Waals surface area (Å²) in [5, 5.41) is 13.9. The molecule has 0 radical (unpaired) electrons. The summed E-state index contributed by atoms with van der Waals surface area (Å²) in [5.74, 6) is -0.739. The summed E-state index contributed by atoms with van der Waals surface area (Å²) in [5.41, 5.74) is 0.712. The van der Waals surface area contributed by atoms with Crippen molar-refractivity contribution in [3.05, 3.63) is 28.8 Å². The predicted molar refractivity (Wildman–Crippen MR) is 72.9 cm³/mol. The average Bonchev–Trinajstić information content (AvgIpc) is 2.31. The number of benzene rings is 1. The summed E-state index contributed by atoms with van der Waals surface area (Å²) < 4.78 is 0. The van der Waals surface area contributed by atoms with Crippen LogP contribution in [-0.4, -0.2) is 17.9 Å². The van der Waals surface area contributed by atoms with E-state index in [-0.39, 0.29) is 23.9 Å². The van der Waals surface area contributed by atoms with E-state index < -0.39 is 5.91 Å². The number of hydrogen-bond donors (Lipinski definition) is 2. The predicted octanol–water partition coefficient (Wildman–Crippen LogP) is 2.33. The van der Waals surface area contributed by atoms with Crippen LogP contribution in [0.5, 0.6) is 0 Å². The maximum absolute atomic E-state index is 11.9. The fraction of sp³-hybridized carbons (Fsp3) is 0.308. The Morgan fingerprint density at radius 2 is 2.11 bits per heavy atom. The van der Waals surface area contributed by atoms with Crippen LogP contribution in [0.2, 0.25) is 5.02 Å². The molecule has 2 amide bonds. The van der Waals surface area contributed by atoms with Gasteiger partial charge in [0.25, 0.3) is 5.91 Å². The fourth-order valence-corrected chi connectivity index (χ4v) is 1.60. The van der Waals surface area contributed by atoms with Crippen molar-refractivity contribution in [1.82, 2.24) is 5.32 Å². The highest BCUT2D eigenvalue weighted by Gasteiger charge is 2.13. The Morgan fingerprint density at radius 3 is 2.68 bits per heavy atom. The fourth-order valence-electron chi connectivity index (χ4n) is 1.39. The van der Waals surface area contributed by atoms with Gasteiger partial charge in [-0.2, -0.15) is 5.26 Å². The van der Waals surface area contributed by atoms with E-state index in [1.54, 1.807) is 12.1 Å². The van der Waals surface area contributed by atoms with Crippen LogP contribution in [0.3, 0.4) is 0 Å². The Morgan fingerprint density at radius 1 is 1.42 bits per heavy atom. The van der Waals surface area contributed by atoms with Crippen molar-refractivity contribution < 1.29 is 9.59 Å². The van der Waals surface area contributed by atoms with Crippen LogP contribution in [0.1, 0.15) is 30.6 Å². The van der Waals surface area contributed by atoms with Crippen LogP contribution < -0.4 is 10.6 Å². The SMILES string of the molecule is CC(C)NC(=O)c1cc(NC(=O)CC#N)ccc1Cl. The van der Waals surface area contributed by atoms with E-state index in [1.165, 1.54) is 12.1 Å². The second kappa shape index (κ2) is 6.76. The number of nitrogens with one attached hydrogen (secondary N) is 2. The number of halogens is 1. The lowest BCUT2D eigenvalue weighted by molar-refractivity contribution is -0.115. The molecular weight excluding hydrogens is 266 g/mol. The summed E-state index contributed by atoms with van der Waals surface area (Å²) >= 11 is 5.95. The van der Waals surface area contributed by atoms with Gasteiger partial charge in [0.15, 0.2) is 0 Å². The molecule has 100 valence electrons. The van der Waals surface area contributed by atoms with Gasteiger partial charge in [-0.05, 0) is 32.0 Å². The molecule has 0 heterocycles. The lowest BCUT2D eigenvalue weighted by atomic mass is 10.1. The minimum Gasteiger partial charge on any atom is -0.350 e. The first-order valence-corrected chi connectivity index (χ1v) is 6.09. The molecule has 0 atom stereocenters. The molecule has 2 N–H and O–H groups in total. The summed E-state index contributed by atoms with van der Waals surface area (Å²) in [4.78, 5) is 23.2. The minimum absolute atomic E-state index is 0.0135. The number of carbonyl (C=O) groups is 2. The van der Waals surface area contributed by atoms with Crippen LogP contribution in [0, 0.1) is 11.3 Å². The quantitative estimate of drug-likeness (QED) is 0.887. The molecule has 0 aromatic heterocycles. The zero-order chi connectivity index (χ0) is 14.4. The number of anilines is 1. The maximum atomic E-state index is 11.9. The highest BCUT2D eigenvalue weighted by Crippen LogP contribution is 2.20. The van der Waals surface area contributed by atoms with Gasteiger partial charge < -0.3 is 10.6 Å². The molecule has 6 heteroatoms. The lowest BCUT2D eigenvalue weighted by Gasteiger charge is -2.11. The molecule has 5 nitrogen and oxygen atoms in total. The van der Waals surface area contributed by atoms with E-state index in [0.29, 0.717) is 10.7 Å². The second-order valence-corrected chi connectivity index (χ2v) is 4.61. The van der Waals surface area contributed by atoms with Gasteiger partial charge in [-0.1, -0.05) is 11.6 Å². The van der Waals surface area contributed by atoms with Gasteiger partial charge >= 0.3 is 0 Å². The Bertz CT molecular complexity index is 535. The summed E-state index contributed by atoms with van der Waals surface area (Å²) in [6.45, 7) is 3.68. The van der Waals surface area contributed by atoms with E-state index in [2.05, 4.69) is 10.6 Å². The Labute approximate surface area is 116 Å². The Hall–Kier alpha value is -2.06. The Kier molecular flexibility index (Phi) is 5.34. The molecular formula is C13H14ClN3O2. The van der Waals surface area contributed by atoms with E-state index >= 15 is 0 Å². The molecule has 1 rings (SSSR count). The summed E-state index contributed by atoms with van der Waals surface area (Å²) in [7, 11) is 0. The number of hydrogen-bond acceptors (Lipinski definition) is 3. The Balaban J connectivity index is 2.91. The largest absolute Gasteiger partial charge is 0.350 e. The molecule has 0 saturated carbocycles. The van der Waals surface area contributed by atoms with Crippen LogP contribution in [-0.2, 0) is 4.79 Å². The molecule has 0 bridgehead atoms. The van der Waals surface area contributed by atoms with Crippen molar-refractivity contribution in [2.24, 2.45) is 0 Å². The van der Waals surface area contributed by atoms with Crippen molar-refractivity contribution in [2.75, 3.05) is 5.32 Å². The molecule has 0 fully saturated rings. The van der Waals surface area contributed by atoms with E-state index in [1.807, 2.05) is 13.8 Å². The number of amides is 2. The molecule has 19 heavy (non-hydrogen) atoms. The molecule has 0 aliphatic carbocycles. The smallest absolute Gasteiger partial charge is 0.253 e. The molecule has 0 aliphatic heterocycles. The van der Waals surface area contributed by atoms with Crippen molar-refractivity contribution in [3.63, 3.8) is 0 Å². The minimum atomic E-state index is -0.431. The van der Waals surface area contributed by atoms with Gasteiger partial charge in [0.1, 0.15) is 6.42 Å².